The first-order valence-corrected chi connectivity index (χ1v) is 10.3. The molecule has 0 unspecified atom stereocenters. The van der Waals surface area contributed by atoms with Crippen LogP contribution in [-0.4, -0.2) is 28.9 Å². The van der Waals surface area contributed by atoms with Crippen molar-refractivity contribution in [3.8, 4) is 0 Å². The number of pyridine rings is 1. The molecule has 0 spiro atoms. The number of aromatic amines is 1. The SMILES string of the molecule is O=C(NC[C@@H](c1ccccc1)N1CCc2sccc2C1)c1ccc[nH]c1=S. The third-order valence-corrected chi connectivity index (χ3v) is 6.34. The Labute approximate surface area is 167 Å². The van der Waals surface area contributed by atoms with Gasteiger partial charge < -0.3 is 10.3 Å². The monoisotopic (exact) mass is 395 g/mol. The van der Waals surface area contributed by atoms with E-state index in [0.29, 0.717) is 16.7 Å². The topological polar surface area (TPSA) is 48.1 Å². The van der Waals surface area contributed by atoms with Crippen LogP contribution in [0.2, 0.25) is 0 Å². The molecule has 0 bridgehead atoms. The number of nitrogens with zero attached hydrogens (tertiary/aromatic N) is 1. The Morgan fingerprint density at radius 2 is 2.07 bits per heavy atom. The number of hydrogen-bond acceptors (Lipinski definition) is 4. The number of benzene rings is 1. The minimum atomic E-state index is -0.133. The molecule has 0 saturated carbocycles. The zero-order chi connectivity index (χ0) is 18.6. The van der Waals surface area contributed by atoms with Gasteiger partial charge in [-0.3, -0.25) is 9.69 Å². The summed E-state index contributed by atoms with van der Waals surface area (Å²) in [6.07, 6.45) is 2.80. The number of nitrogens with one attached hydrogen (secondary N) is 2. The van der Waals surface area contributed by atoms with Crippen molar-refractivity contribution in [2.45, 2.75) is 19.0 Å². The molecule has 0 aliphatic carbocycles. The minimum absolute atomic E-state index is 0.129. The molecular formula is C21H21N3OS2. The van der Waals surface area contributed by atoms with Crippen molar-refractivity contribution in [3.63, 3.8) is 0 Å². The molecule has 0 saturated heterocycles. The van der Waals surface area contributed by atoms with Gasteiger partial charge in [0.25, 0.3) is 5.91 Å². The van der Waals surface area contributed by atoms with E-state index in [1.54, 1.807) is 18.3 Å². The lowest BCUT2D eigenvalue weighted by molar-refractivity contribution is 0.0927. The first-order valence-electron chi connectivity index (χ1n) is 9.02. The second-order valence-corrected chi connectivity index (χ2v) is 8.05. The normalized spacial score (nSPS) is 15.1. The van der Waals surface area contributed by atoms with E-state index < -0.39 is 0 Å². The van der Waals surface area contributed by atoms with E-state index in [-0.39, 0.29) is 11.9 Å². The van der Waals surface area contributed by atoms with Crippen molar-refractivity contribution in [2.75, 3.05) is 13.1 Å². The number of fused-ring (bicyclic) bond motifs is 1. The lowest BCUT2D eigenvalue weighted by atomic mass is 10.0. The van der Waals surface area contributed by atoms with E-state index >= 15 is 0 Å². The van der Waals surface area contributed by atoms with Crippen molar-refractivity contribution in [2.24, 2.45) is 0 Å². The summed E-state index contributed by atoms with van der Waals surface area (Å²) in [5.74, 6) is -0.133. The van der Waals surface area contributed by atoms with E-state index in [0.717, 1.165) is 19.5 Å². The van der Waals surface area contributed by atoms with Crippen LogP contribution in [0.1, 0.15) is 32.4 Å². The highest BCUT2D eigenvalue weighted by Gasteiger charge is 2.26. The summed E-state index contributed by atoms with van der Waals surface area (Å²) in [5.41, 5.74) is 3.14. The summed E-state index contributed by atoms with van der Waals surface area (Å²) >= 11 is 7.08. The van der Waals surface area contributed by atoms with Crippen LogP contribution in [0.4, 0.5) is 0 Å². The van der Waals surface area contributed by atoms with Crippen molar-refractivity contribution in [1.82, 2.24) is 15.2 Å². The molecule has 3 heterocycles. The molecule has 4 nitrogen and oxygen atoms in total. The van der Waals surface area contributed by atoms with E-state index in [4.69, 9.17) is 12.2 Å². The van der Waals surface area contributed by atoms with Gasteiger partial charge in [-0.1, -0.05) is 42.5 Å². The summed E-state index contributed by atoms with van der Waals surface area (Å²) in [4.78, 5) is 19.5. The lowest BCUT2D eigenvalue weighted by Crippen LogP contribution is -2.40. The van der Waals surface area contributed by atoms with Crippen LogP contribution in [0.3, 0.4) is 0 Å². The second kappa shape index (κ2) is 8.17. The van der Waals surface area contributed by atoms with Gasteiger partial charge in [0.1, 0.15) is 4.64 Å². The maximum Gasteiger partial charge on any atom is 0.254 e. The molecule has 4 rings (SSSR count). The average Bonchev–Trinajstić information content (AvgIpc) is 3.17. The fraction of sp³-hybridized carbons (Fsp3) is 0.238. The Morgan fingerprint density at radius 3 is 2.89 bits per heavy atom. The van der Waals surface area contributed by atoms with Crippen molar-refractivity contribution in [3.05, 3.63) is 86.3 Å². The van der Waals surface area contributed by atoms with Gasteiger partial charge in [0.2, 0.25) is 0 Å². The van der Waals surface area contributed by atoms with Crippen LogP contribution in [0.5, 0.6) is 0 Å². The number of rotatable bonds is 5. The van der Waals surface area contributed by atoms with E-state index in [2.05, 4.69) is 50.9 Å². The number of thiophene rings is 1. The van der Waals surface area contributed by atoms with Gasteiger partial charge in [-0.2, -0.15) is 0 Å². The third kappa shape index (κ3) is 4.03. The predicted molar refractivity (Wildman–Crippen MR) is 112 cm³/mol. The van der Waals surface area contributed by atoms with E-state index in [1.807, 2.05) is 17.4 Å². The van der Waals surface area contributed by atoms with Gasteiger partial charge in [0.15, 0.2) is 0 Å². The molecule has 6 heteroatoms. The quantitative estimate of drug-likeness (QED) is 0.632. The highest BCUT2D eigenvalue weighted by atomic mass is 32.1. The van der Waals surface area contributed by atoms with Gasteiger partial charge in [0.05, 0.1) is 11.6 Å². The molecule has 2 aromatic heterocycles. The molecule has 0 fully saturated rings. The molecule has 0 radical (unpaired) electrons. The predicted octanol–water partition coefficient (Wildman–Crippen LogP) is 4.34. The van der Waals surface area contributed by atoms with Crippen molar-refractivity contribution >= 4 is 29.5 Å². The zero-order valence-electron chi connectivity index (χ0n) is 14.9. The number of H-pyrrole nitrogens is 1. The Kier molecular flexibility index (Phi) is 5.48. The van der Waals surface area contributed by atoms with Gasteiger partial charge in [-0.15, -0.1) is 11.3 Å². The summed E-state index contributed by atoms with van der Waals surface area (Å²) in [6, 6.07) is 16.3. The Morgan fingerprint density at radius 1 is 1.22 bits per heavy atom. The highest BCUT2D eigenvalue weighted by molar-refractivity contribution is 7.71. The van der Waals surface area contributed by atoms with Gasteiger partial charge in [0, 0.05) is 30.7 Å². The molecule has 27 heavy (non-hydrogen) atoms. The fourth-order valence-electron chi connectivity index (χ4n) is 3.55. The molecule has 1 atom stereocenters. The largest absolute Gasteiger partial charge is 0.352 e. The summed E-state index contributed by atoms with van der Waals surface area (Å²) < 4.78 is 0.465. The number of aromatic nitrogens is 1. The molecule has 1 aliphatic rings. The van der Waals surface area contributed by atoms with E-state index in [9.17, 15) is 4.79 Å². The highest BCUT2D eigenvalue weighted by Crippen LogP contribution is 2.30. The first kappa shape index (κ1) is 18.1. The van der Waals surface area contributed by atoms with Crippen LogP contribution in [0.15, 0.2) is 60.1 Å². The van der Waals surface area contributed by atoms with Crippen LogP contribution in [0.25, 0.3) is 0 Å². The summed E-state index contributed by atoms with van der Waals surface area (Å²) in [6.45, 7) is 2.46. The summed E-state index contributed by atoms with van der Waals surface area (Å²) in [7, 11) is 0. The maximum atomic E-state index is 12.6. The Balaban J connectivity index is 1.54. The number of carbonyl (C=O) groups excluding carboxylic acids is 1. The lowest BCUT2D eigenvalue weighted by Gasteiger charge is -2.35. The van der Waals surface area contributed by atoms with Gasteiger partial charge in [-0.25, -0.2) is 0 Å². The third-order valence-electron chi connectivity index (χ3n) is 4.98. The zero-order valence-corrected chi connectivity index (χ0v) is 16.5. The van der Waals surface area contributed by atoms with Gasteiger partial charge >= 0.3 is 0 Å². The number of amides is 1. The molecule has 1 aromatic carbocycles. The van der Waals surface area contributed by atoms with Crippen molar-refractivity contribution < 1.29 is 4.79 Å². The van der Waals surface area contributed by atoms with Crippen LogP contribution in [-0.2, 0) is 13.0 Å². The Bertz CT molecular complexity index is 980. The first-order chi connectivity index (χ1) is 13.2. The molecular weight excluding hydrogens is 374 g/mol. The molecule has 2 N–H and O–H groups in total. The maximum absolute atomic E-state index is 12.6. The average molecular weight is 396 g/mol. The van der Waals surface area contributed by atoms with Gasteiger partial charge in [-0.05, 0) is 41.1 Å². The van der Waals surface area contributed by atoms with Crippen LogP contribution < -0.4 is 5.32 Å². The number of hydrogen-bond donors (Lipinski definition) is 2. The van der Waals surface area contributed by atoms with Crippen LogP contribution >= 0.6 is 23.6 Å². The molecule has 1 amide bonds. The summed E-state index contributed by atoms with van der Waals surface area (Å²) in [5, 5.41) is 5.26. The van der Waals surface area contributed by atoms with E-state index in [1.165, 1.54) is 16.0 Å². The van der Waals surface area contributed by atoms with Crippen molar-refractivity contribution in [1.29, 1.82) is 0 Å². The molecule has 138 valence electrons. The smallest absolute Gasteiger partial charge is 0.254 e. The minimum Gasteiger partial charge on any atom is -0.352 e. The fourth-order valence-corrected chi connectivity index (χ4v) is 4.67. The standard InChI is InChI=1S/C21H21N3OS2/c25-20(17-7-4-10-22-21(17)26)23-13-18(15-5-2-1-3-6-15)24-11-8-19-16(14-24)9-12-27-19/h1-7,9-10,12,18H,8,11,13-14H2,(H,22,26)(H,23,25)/t18-/m0/s1. The van der Waals surface area contributed by atoms with Crippen LogP contribution in [0, 0.1) is 4.64 Å². The second-order valence-electron chi connectivity index (χ2n) is 6.64. The number of carbonyl (C=O) groups is 1. The molecule has 3 aromatic rings. The molecule has 1 aliphatic heterocycles. The Hall–Kier alpha value is -2.28.